The zero-order valence-electron chi connectivity index (χ0n) is 13.6. The number of azo groups is 1. The Kier molecular flexibility index (Phi) is 5.27. The number of hydrogen-bond acceptors (Lipinski definition) is 4. The van der Waals surface area contributed by atoms with E-state index in [1.54, 1.807) is 18.2 Å². The molecule has 3 aromatic rings. The molecule has 0 aliphatic carbocycles. The summed E-state index contributed by atoms with van der Waals surface area (Å²) in [6.45, 7) is 5.77. The van der Waals surface area contributed by atoms with Gasteiger partial charge in [0.05, 0.1) is 0 Å². The van der Waals surface area contributed by atoms with Gasteiger partial charge < -0.3 is 10.2 Å². The molecule has 0 saturated heterocycles. The van der Waals surface area contributed by atoms with Gasteiger partial charge in [0.2, 0.25) is 0 Å². The zero-order valence-corrected chi connectivity index (χ0v) is 14.6. The van der Waals surface area contributed by atoms with Crippen LogP contribution in [0.1, 0.15) is 16.7 Å². The fourth-order valence-corrected chi connectivity index (χ4v) is 2.55. The average Bonchev–Trinajstić information content (AvgIpc) is 2.51. The van der Waals surface area contributed by atoms with Gasteiger partial charge in [0.1, 0.15) is 22.9 Å². The van der Waals surface area contributed by atoms with Crippen LogP contribution in [0.5, 0.6) is 11.5 Å². The van der Waals surface area contributed by atoms with E-state index in [-0.39, 0.29) is 28.6 Å². The van der Waals surface area contributed by atoms with Gasteiger partial charge in [-0.1, -0.05) is 29.8 Å². The Hall–Kier alpha value is -2.36. The molecule has 0 unspecified atom stereocenters. The van der Waals surface area contributed by atoms with Crippen molar-refractivity contribution in [3.05, 3.63) is 59.2 Å². The summed E-state index contributed by atoms with van der Waals surface area (Å²) in [5.74, 6) is 0.170. The van der Waals surface area contributed by atoms with Crippen LogP contribution in [0.4, 0.5) is 11.4 Å². The monoisotopic (exact) mass is 369 g/mol. The molecule has 0 aromatic heterocycles. The molecule has 0 bridgehead atoms. The van der Waals surface area contributed by atoms with E-state index >= 15 is 0 Å². The molecule has 0 aliphatic rings. The van der Waals surface area contributed by atoms with Crippen LogP contribution in [0.3, 0.4) is 0 Å². The van der Waals surface area contributed by atoms with Gasteiger partial charge in [-0.15, -0.1) is 10.2 Å². The SMILES string of the molecule is Cc1ccc(O)c(N=Nc2c(O)c(C)cc3cc(C)ccc23)c1.[Cu]. The second-order valence-electron chi connectivity index (χ2n) is 5.81. The normalized spacial score (nSPS) is 11.0. The maximum atomic E-state index is 10.4. The van der Waals surface area contributed by atoms with E-state index < -0.39 is 0 Å². The minimum absolute atomic E-state index is 0. The number of aryl methyl sites for hydroxylation is 3. The van der Waals surface area contributed by atoms with Gasteiger partial charge >= 0.3 is 0 Å². The molecule has 2 N–H and O–H groups in total. The first kappa shape index (κ1) is 18.0. The van der Waals surface area contributed by atoms with Crippen molar-refractivity contribution in [2.24, 2.45) is 10.2 Å². The van der Waals surface area contributed by atoms with Crippen LogP contribution in [0.2, 0.25) is 0 Å². The van der Waals surface area contributed by atoms with E-state index in [0.29, 0.717) is 11.4 Å². The van der Waals surface area contributed by atoms with Gasteiger partial charge in [-0.3, -0.25) is 0 Å². The standard InChI is InChI=1S/C19H18N2O2.Cu/c1-11-4-6-15-14(8-11)10-13(3)19(23)18(15)21-20-16-9-12(2)5-7-17(16)22;/h4-10,22-23H,1-3H3;. The predicted octanol–water partition coefficient (Wildman–Crippen LogP) is 5.59. The van der Waals surface area contributed by atoms with Crippen LogP contribution in [0.15, 0.2) is 52.7 Å². The third-order valence-corrected chi connectivity index (χ3v) is 3.82. The maximum absolute atomic E-state index is 10.4. The minimum Gasteiger partial charge on any atom is -0.506 e. The number of hydrogen-bond donors (Lipinski definition) is 2. The molecule has 4 nitrogen and oxygen atoms in total. The number of phenolic OH excluding ortho intramolecular Hbond substituents is 2. The number of phenols is 2. The van der Waals surface area contributed by atoms with E-state index in [1.165, 1.54) is 0 Å². The molecule has 3 rings (SSSR count). The summed E-state index contributed by atoms with van der Waals surface area (Å²) in [5, 5.41) is 30.4. The molecule has 0 atom stereocenters. The van der Waals surface area contributed by atoms with Gasteiger partial charge in [-0.05, 0) is 55.5 Å². The van der Waals surface area contributed by atoms with Crippen molar-refractivity contribution < 1.29 is 27.3 Å². The molecule has 24 heavy (non-hydrogen) atoms. The van der Waals surface area contributed by atoms with Crippen molar-refractivity contribution in [2.45, 2.75) is 20.8 Å². The summed E-state index contributed by atoms with van der Waals surface area (Å²) < 4.78 is 0. The molecule has 0 amide bonds. The van der Waals surface area contributed by atoms with Crippen LogP contribution >= 0.6 is 0 Å². The molecular weight excluding hydrogens is 352 g/mol. The van der Waals surface area contributed by atoms with E-state index in [2.05, 4.69) is 10.2 Å². The topological polar surface area (TPSA) is 65.2 Å². The van der Waals surface area contributed by atoms with Crippen molar-refractivity contribution in [3.8, 4) is 11.5 Å². The van der Waals surface area contributed by atoms with Crippen LogP contribution in [0.25, 0.3) is 10.8 Å². The quantitative estimate of drug-likeness (QED) is 0.456. The molecule has 0 spiro atoms. The first-order chi connectivity index (χ1) is 11.0. The van der Waals surface area contributed by atoms with Gasteiger partial charge in [0, 0.05) is 22.5 Å². The van der Waals surface area contributed by atoms with Gasteiger partial charge in [-0.2, -0.15) is 0 Å². The first-order valence-corrected chi connectivity index (χ1v) is 7.40. The summed E-state index contributed by atoms with van der Waals surface area (Å²) in [5.41, 5.74) is 3.66. The third-order valence-electron chi connectivity index (χ3n) is 3.82. The van der Waals surface area contributed by atoms with Crippen molar-refractivity contribution in [3.63, 3.8) is 0 Å². The number of rotatable bonds is 2. The number of benzene rings is 3. The van der Waals surface area contributed by atoms with Crippen molar-refractivity contribution in [1.29, 1.82) is 0 Å². The minimum atomic E-state index is 0. The molecule has 127 valence electrons. The number of aromatic hydroxyl groups is 2. The van der Waals surface area contributed by atoms with E-state index in [9.17, 15) is 10.2 Å². The smallest absolute Gasteiger partial charge is 0.146 e. The second-order valence-corrected chi connectivity index (χ2v) is 5.81. The fourth-order valence-electron chi connectivity index (χ4n) is 2.55. The maximum Gasteiger partial charge on any atom is 0.146 e. The Bertz CT molecular complexity index is 936. The third kappa shape index (κ3) is 3.42. The molecule has 5 heteroatoms. The Balaban J connectivity index is 0.00000208. The summed E-state index contributed by atoms with van der Waals surface area (Å²) in [6, 6.07) is 13.0. The zero-order chi connectivity index (χ0) is 16.6. The van der Waals surface area contributed by atoms with Crippen molar-refractivity contribution >= 4 is 22.1 Å². The van der Waals surface area contributed by atoms with Gasteiger partial charge in [0.15, 0.2) is 0 Å². The molecule has 0 heterocycles. The largest absolute Gasteiger partial charge is 0.506 e. The van der Waals surface area contributed by atoms with Gasteiger partial charge in [-0.25, -0.2) is 0 Å². The Labute approximate surface area is 151 Å². The van der Waals surface area contributed by atoms with Crippen LogP contribution in [0, 0.1) is 20.8 Å². The second kappa shape index (κ2) is 7.03. The summed E-state index contributed by atoms with van der Waals surface area (Å²) in [6.07, 6.45) is 0. The van der Waals surface area contributed by atoms with E-state index in [0.717, 1.165) is 27.5 Å². The molecule has 1 radical (unpaired) electrons. The Morgan fingerprint density at radius 1 is 0.792 bits per heavy atom. The van der Waals surface area contributed by atoms with Crippen molar-refractivity contribution in [1.82, 2.24) is 0 Å². The van der Waals surface area contributed by atoms with Crippen LogP contribution in [-0.2, 0) is 17.1 Å². The first-order valence-electron chi connectivity index (χ1n) is 7.40. The summed E-state index contributed by atoms with van der Waals surface area (Å²) >= 11 is 0. The average molecular weight is 370 g/mol. The van der Waals surface area contributed by atoms with E-state index in [1.807, 2.05) is 45.0 Å². The predicted molar refractivity (Wildman–Crippen MR) is 92.1 cm³/mol. The number of nitrogens with zero attached hydrogens (tertiary/aromatic N) is 2. The molecular formula is C19H18CuN2O2. The Morgan fingerprint density at radius 2 is 1.46 bits per heavy atom. The summed E-state index contributed by atoms with van der Waals surface area (Å²) in [4.78, 5) is 0. The molecule has 0 saturated carbocycles. The number of fused-ring (bicyclic) bond motifs is 1. The fraction of sp³-hybridized carbons (Fsp3) is 0.158. The molecule has 3 aromatic carbocycles. The molecule has 0 aliphatic heterocycles. The van der Waals surface area contributed by atoms with Gasteiger partial charge in [0.25, 0.3) is 0 Å². The van der Waals surface area contributed by atoms with Crippen LogP contribution in [-0.4, -0.2) is 10.2 Å². The molecule has 0 fully saturated rings. The van der Waals surface area contributed by atoms with Crippen LogP contribution < -0.4 is 0 Å². The van der Waals surface area contributed by atoms with Crippen molar-refractivity contribution in [2.75, 3.05) is 0 Å². The summed E-state index contributed by atoms with van der Waals surface area (Å²) in [7, 11) is 0. The Morgan fingerprint density at radius 3 is 2.21 bits per heavy atom. The van der Waals surface area contributed by atoms with E-state index in [4.69, 9.17) is 0 Å².